The van der Waals surface area contributed by atoms with Gasteiger partial charge in [-0.2, -0.15) is 0 Å². The van der Waals surface area contributed by atoms with Gasteiger partial charge < -0.3 is 14.6 Å². The zero-order valence-electron chi connectivity index (χ0n) is 14.8. The van der Waals surface area contributed by atoms with Gasteiger partial charge >= 0.3 is 5.97 Å². The molecule has 1 heterocycles. The van der Waals surface area contributed by atoms with Crippen LogP contribution in [-0.2, 0) is 16.0 Å². The van der Waals surface area contributed by atoms with E-state index in [4.69, 9.17) is 14.6 Å². The molecule has 1 fully saturated rings. The Bertz CT molecular complexity index is 687. The molecule has 5 heteroatoms. The highest BCUT2D eigenvalue weighted by Gasteiger charge is 2.22. The first-order valence-corrected chi connectivity index (χ1v) is 9.03. The van der Waals surface area contributed by atoms with Gasteiger partial charge in [-0.25, -0.2) is 0 Å². The van der Waals surface area contributed by atoms with Crippen LogP contribution < -0.4 is 4.74 Å². The third kappa shape index (κ3) is 5.58. The van der Waals surface area contributed by atoms with Gasteiger partial charge in [0.15, 0.2) is 0 Å². The number of morpholine rings is 1. The first-order chi connectivity index (χ1) is 12.7. The van der Waals surface area contributed by atoms with E-state index in [0.717, 1.165) is 30.8 Å². The van der Waals surface area contributed by atoms with Gasteiger partial charge in [0.05, 0.1) is 25.7 Å². The Morgan fingerprint density at radius 1 is 1.15 bits per heavy atom. The van der Waals surface area contributed by atoms with Gasteiger partial charge in [0.25, 0.3) is 0 Å². The number of hydrogen-bond donors (Lipinski definition) is 1. The fraction of sp³-hybridized carbons (Fsp3) is 0.381. The van der Waals surface area contributed by atoms with Crippen LogP contribution in [0.1, 0.15) is 23.7 Å². The number of benzene rings is 2. The second kappa shape index (κ2) is 9.36. The number of carbonyl (C=O) groups is 1. The Morgan fingerprint density at radius 2 is 1.92 bits per heavy atom. The third-order valence-electron chi connectivity index (χ3n) is 4.55. The number of nitrogens with zero attached hydrogens (tertiary/aromatic N) is 1. The van der Waals surface area contributed by atoms with Gasteiger partial charge in [0, 0.05) is 26.1 Å². The number of aliphatic carboxylic acids is 1. The molecule has 1 unspecified atom stereocenters. The summed E-state index contributed by atoms with van der Waals surface area (Å²) in [5.74, 6) is 0.0910. The van der Waals surface area contributed by atoms with Gasteiger partial charge in [-0.05, 0) is 23.3 Å². The molecule has 3 rings (SSSR count). The lowest BCUT2D eigenvalue weighted by Gasteiger charge is -2.32. The lowest BCUT2D eigenvalue weighted by molar-refractivity contribution is -0.137. The summed E-state index contributed by atoms with van der Waals surface area (Å²) in [6.07, 6.45) is 1.03. The maximum Gasteiger partial charge on any atom is 0.304 e. The molecule has 1 aliphatic heterocycles. The summed E-state index contributed by atoms with van der Waals surface area (Å²) in [6, 6.07) is 18.3. The molecule has 1 aliphatic rings. The van der Waals surface area contributed by atoms with Crippen molar-refractivity contribution in [2.45, 2.75) is 18.9 Å². The Hall–Kier alpha value is -2.37. The Morgan fingerprint density at radius 3 is 2.65 bits per heavy atom. The first kappa shape index (κ1) is 18.4. The standard InChI is InChI=1S/C21H25NO4/c23-21(24)10-12-22-13-15-26-20(16-22)18-6-8-19(9-7-18)25-14-11-17-4-2-1-3-5-17/h1-9,20H,10-16H2,(H,23,24). The van der Waals surface area contributed by atoms with E-state index < -0.39 is 5.97 Å². The zero-order chi connectivity index (χ0) is 18.2. The molecule has 0 spiro atoms. The van der Waals surface area contributed by atoms with E-state index in [-0.39, 0.29) is 12.5 Å². The summed E-state index contributed by atoms with van der Waals surface area (Å²) in [4.78, 5) is 12.9. The van der Waals surface area contributed by atoms with Gasteiger partial charge in [0.1, 0.15) is 5.75 Å². The molecule has 1 atom stereocenters. The number of rotatable bonds is 8. The normalized spacial score (nSPS) is 17.8. The van der Waals surface area contributed by atoms with Crippen molar-refractivity contribution in [3.05, 3.63) is 65.7 Å². The largest absolute Gasteiger partial charge is 0.493 e. The van der Waals surface area contributed by atoms with Crippen molar-refractivity contribution in [3.8, 4) is 5.75 Å². The number of hydrogen-bond acceptors (Lipinski definition) is 4. The Labute approximate surface area is 154 Å². The molecular weight excluding hydrogens is 330 g/mol. The van der Waals surface area contributed by atoms with Crippen LogP contribution in [0, 0.1) is 0 Å². The maximum absolute atomic E-state index is 10.7. The van der Waals surface area contributed by atoms with Crippen LogP contribution in [0.4, 0.5) is 0 Å². The summed E-state index contributed by atoms with van der Waals surface area (Å²) >= 11 is 0. The van der Waals surface area contributed by atoms with Gasteiger partial charge in [-0.15, -0.1) is 0 Å². The smallest absolute Gasteiger partial charge is 0.304 e. The Kier molecular flexibility index (Phi) is 6.63. The fourth-order valence-electron chi connectivity index (χ4n) is 3.07. The van der Waals surface area contributed by atoms with Crippen LogP contribution in [0.15, 0.2) is 54.6 Å². The third-order valence-corrected chi connectivity index (χ3v) is 4.55. The lowest BCUT2D eigenvalue weighted by atomic mass is 10.1. The van der Waals surface area contributed by atoms with E-state index in [0.29, 0.717) is 19.8 Å². The summed E-state index contributed by atoms with van der Waals surface area (Å²) in [5.41, 5.74) is 2.36. The van der Waals surface area contributed by atoms with E-state index in [1.165, 1.54) is 5.56 Å². The summed E-state index contributed by atoms with van der Waals surface area (Å²) < 4.78 is 11.7. The molecule has 0 amide bonds. The molecule has 2 aromatic rings. The van der Waals surface area contributed by atoms with Crippen LogP contribution in [0.2, 0.25) is 0 Å². The van der Waals surface area contributed by atoms with Crippen molar-refractivity contribution in [2.24, 2.45) is 0 Å². The maximum atomic E-state index is 10.7. The number of ether oxygens (including phenoxy) is 2. The SMILES string of the molecule is O=C(O)CCN1CCOC(c2ccc(OCCc3ccccc3)cc2)C1. The van der Waals surface area contributed by atoms with Crippen LogP contribution in [-0.4, -0.2) is 48.8 Å². The van der Waals surface area contributed by atoms with Crippen LogP contribution in [0.25, 0.3) is 0 Å². The van der Waals surface area contributed by atoms with Crippen molar-refractivity contribution >= 4 is 5.97 Å². The first-order valence-electron chi connectivity index (χ1n) is 9.03. The van der Waals surface area contributed by atoms with E-state index >= 15 is 0 Å². The molecule has 5 nitrogen and oxygen atoms in total. The van der Waals surface area contributed by atoms with Gasteiger partial charge in [-0.3, -0.25) is 9.69 Å². The monoisotopic (exact) mass is 355 g/mol. The molecule has 0 radical (unpaired) electrons. The predicted molar refractivity (Wildman–Crippen MR) is 99.5 cm³/mol. The molecule has 1 N–H and O–H groups in total. The van der Waals surface area contributed by atoms with E-state index in [9.17, 15) is 4.79 Å². The second-order valence-electron chi connectivity index (χ2n) is 6.46. The molecule has 138 valence electrons. The number of carboxylic acid groups (broad SMARTS) is 1. The van der Waals surface area contributed by atoms with E-state index in [1.54, 1.807) is 0 Å². The van der Waals surface area contributed by atoms with E-state index in [2.05, 4.69) is 17.0 Å². The summed E-state index contributed by atoms with van der Waals surface area (Å²) in [5, 5.41) is 8.83. The predicted octanol–water partition coefficient (Wildman–Crippen LogP) is 3.16. The molecule has 0 bridgehead atoms. The van der Waals surface area contributed by atoms with Gasteiger partial charge in [-0.1, -0.05) is 42.5 Å². The summed E-state index contributed by atoms with van der Waals surface area (Å²) in [7, 11) is 0. The van der Waals surface area contributed by atoms with Crippen molar-refractivity contribution in [1.29, 1.82) is 0 Å². The van der Waals surface area contributed by atoms with Crippen molar-refractivity contribution < 1.29 is 19.4 Å². The minimum absolute atomic E-state index is 0.0177. The van der Waals surface area contributed by atoms with Crippen molar-refractivity contribution in [3.63, 3.8) is 0 Å². The number of carboxylic acids is 1. The highest BCUT2D eigenvalue weighted by atomic mass is 16.5. The van der Waals surface area contributed by atoms with Crippen LogP contribution >= 0.6 is 0 Å². The van der Waals surface area contributed by atoms with Crippen LogP contribution in [0.5, 0.6) is 5.75 Å². The van der Waals surface area contributed by atoms with E-state index in [1.807, 2.05) is 42.5 Å². The minimum atomic E-state index is -0.759. The van der Waals surface area contributed by atoms with Crippen LogP contribution in [0.3, 0.4) is 0 Å². The second-order valence-corrected chi connectivity index (χ2v) is 6.46. The minimum Gasteiger partial charge on any atom is -0.493 e. The lowest BCUT2D eigenvalue weighted by Crippen LogP contribution is -2.39. The average molecular weight is 355 g/mol. The molecule has 26 heavy (non-hydrogen) atoms. The zero-order valence-corrected chi connectivity index (χ0v) is 14.8. The van der Waals surface area contributed by atoms with Crippen molar-refractivity contribution in [1.82, 2.24) is 4.90 Å². The topological polar surface area (TPSA) is 59.0 Å². The highest BCUT2D eigenvalue weighted by molar-refractivity contribution is 5.66. The fourth-order valence-corrected chi connectivity index (χ4v) is 3.07. The molecule has 0 aromatic heterocycles. The van der Waals surface area contributed by atoms with Gasteiger partial charge in [0.2, 0.25) is 0 Å². The molecule has 2 aromatic carbocycles. The molecule has 1 saturated heterocycles. The molecule has 0 saturated carbocycles. The highest BCUT2D eigenvalue weighted by Crippen LogP contribution is 2.24. The molecule has 0 aliphatic carbocycles. The summed E-state index contributed by atoms with van der Waals surface area (Å²) in [6.45, 7) is 3.34. The quantitative estimate of drug-likeness (QED) is 0.788. The Balaban J connectivity index is 1.48. The average Bonchev–Trinajstić information content (AvgIpc) is 2.68. The van der Waals surface area contributed by atoms with Crippen molar-refractivity contribution in [2.75, 3.05) is 32.8 Å². The molecular formula is C21H25NO4.